The van der Waals surface area contributed by atoms with E-state index in [4.69, 9.17) is 14.9 Å². The Morgan fingerprint density at radius 3 is 1.93 bits per heavy atom. The number of carboxylic acids is 1. The number of hydrogen-bond acceptors (Lipinski definition) is 2. The summed E-state index contributed by atoms with van der Waals surface area (Å²) in [5.74, 6) is -0.979. The highest BCUT2D eigenvalue weighted by Crippen LogP contribution is 2.47. The first-order valence-corrected chi connectivity index (χ1v) is 6.66. The molecule has 0 spiro atoms. The molecule has 5 nitrogen and oxygen atoms in total. The zero-order valence-electron chi connectivity index (χ0n) is 9.30. The van der Waals surface area contributed by atoms with Gasteiger partial charge in [-0.3, -0.25) is 9.36 Å². The maximum absolute atomic E-state index is 11.1. The number of hydrogen-bond donors (Lipinski definition) is 3. The lowest BCUT2D eigenvalue weighted by atomic mass is 9.78. The molecule has 0 fully saturated rings. The summed E-state index contributed by atoms with van der Waals surface area (Å²) in [6.45, 7) is 4.85. The second-order valence-corrected chi connectivity index (χ2v) is 5.99. The standard InChI is InChI=1S/C9H19O5P/c1-4-9(5-2,8(10)11)6-7(3)15(12,13)14/h7H,4-6H2,1-3H3,(H,10,11)(H2,12,13,14). The van der Waals surface area contributed by atoms with Crippen LogP contribution in [0.5, 0.6) is 0 Å². The average molecular weight is 238 g/mol. The molecule has 0 aliphatic carbocycles. The van der Waals surface area contributed by atoms with Crippen LogP contribution in [0.4, 0.5) is 0 Å². The summed E-state index contributed by atoms with van der Waals surface area (Å²) in [5.41, 5.74) is -1.92. The van der Waals surface area contributed by atoms with Crippen molar-refractivity contribution in [2.75, 3.05) is 0 Å². The quantitative estimate of drug-likeness (QED) is 0.613. The first-order chi connectivity index (χ1) is 6.69. The second kappa shape index (κ2) is 5.10. The molecule has 15 heavy (non-hydrogen) atoms. The third kappa shape index (κ3) is 3.59. The molecule has 0 radical (unpaired) electrons. The maximum Gasteiger partial charge on any atom is 0.328 e. The van der Waals surface area contributed by atoms with Gasteiger partial charge >= 0.3 is 13.6 Å². The molecule has 90 valence electrons. The van der Waals surface area contributed by atoms with Crippen molar-refractivity contribution in [3.8, 4) is 0 Å². The number of rotatable bonds is 6. The average Bonchev–Trinajstić information content (AvgIpc) is 2.11. The highest BCUT2D eigenvalue weighted by Gasteiger charge is 2.40. The van der Waals surface area contributed by atoms with Crippen LogP contribution in [0.25, 0.3) is 0 Å². The van der Waals surface area contributed by atoms with E-state index in [-0.39, 0.29) is 6.42 Å². The fraction of sp³-hybridized carbons (Fsp3) is 0.889. The minimum Gasteiger partial charge on any atom is -0.481 e. The summed E-state index contributed by atoms with van der Waals surface area (Å²) in [5, 5.41) is 9.09. The molecule has 0 aliphatic heterocycles. The van der Waals surface area contributed by atoms with Gasteiger partial charge in [-0.05, 0) is 19.3 Å². The molecule has 6 heteroatoms. The van der Waals surface area contributed by atoms with E-state index in [0.29, 0.717) is 12.8 Å². The summed E-state index contributed by atoms with van der Waals surface area (Å²) >= 11 is 0. The first-order valence-electron chi connectivity index (χ1n) is 4.98. The van der Waals surface area contributed by atoms with E-state index in [2.05, 4.69) is 0 Å². The van der Waals surface area contributed by atoms with Crippen LogP contribution in [0.1, 0.15) is 40.0 Å². The van der Waals surface area contributed by atoms with Gasteiger partial charge in [0.05, 0.1) is 11.1 Å². The Hall–Kier alpha value is -0.380. The topological polar surface area (TPSA) is 94.8 Å². The van der Waals surface area contributed by atoms with E-state index in [1.807, 2.05) is 0 Å². The van der Waals surface area contributed by atoms with E-state index in [0.717, 1.165) is 0 Å². The van der Waals surface area contributed by atoms with Crippen LogP contribution >= 0.6 is 7.60 Å². The van der Waals surface area contributed by atoms with Crippen molar-refractivity contribution >= 4 is 13.6 Å². The van der Waals surface area contributed by atoms with Crippen LogP contribution in [0.2, 0.25) is 0 Å². The Labute approximate surface area is 89.7 Å². The molecule has 3 N–H and O–H groups in total. The molecule has 0 bridgehead atoms. The van der Waals surface area contributed by atoms with Gasteiger partial charge in [0, 0.05) is 0 Å². The van der Waals surface area contributed by atoms with Crippen molar-refractivity contribution in [1.82, 2.24) is 0 Å². The Morgan fingerprint density at radius 2 is 1.73 bits per heavy atom. The predicted molar refractivity (Wildman–Crippen MR) is 56.8 cm³/mol. The van der Waals surface area contributed by atoms with E-state index < -0.39 is 24.6 Å². The normalized spacial score (nSPS) is 15.0. The number of carboxylic acid groups (broad SMARTS) is 1. The molecule has 1 unspecified atom stereocenters. The van der Waals surface area contributed by atoms with Crippen molar-refractivity contribution in [3.63, 3.8) is 0 Å². The lowest BCUT2D eigenvalue weighted by Gasteiger charge is -2.29. The van der Waals surface area contributed by atoms with E-state index in [9.17, 15) is 9.36 Å². The fourth-order valence-electron chi connectivity index (χ4n) is 1.61. The van der Waals surface area contributed by atoms with Gasteiger partial charge in [-0.15, -0.1) is 0 Å². The van der Waals surface area contributed by atoms with E-state index >= 15 is 0 Å². The SMILES string of the molecule is CCC(CC)(CC(C)P(=O)(O)O)C(=O)O. The minimum absolute atomic E-state index is 0.0135. The van der Waals surface area contributed by atoms with Crippen molar-refractivity contribution in [2.45, 2.75) is 45.7 Å². The Bertz CT molecular complexity index is 266. The highest BCUT2D eigenvalue weighted by molar-refractivity contribution is 7.52. The molecule has 0 saturated carbocycles. The van der Waals surface area contributed by atoms with Crippen LogP contribution in [0, 0.1) is 5.41 Å². The molecule has 0 heterocycles. The smallest absolute Gasteiger partial charge is 0.328 e. The van der Waals surface area contributed by atoms with Gasteiger partial charge in [0.15, 0.2) is 0 Å². The lowest BCUT2D eigenvalue weighted by molar-refractivity contribution is -0.150. The Morgan fingerprint density at radius 1 is 1.33 bits per heavy atom. The zero-order chi connectivity index (χ0) is 12.3. The van der Waals surface area contributed by atoms with Gasteiger partial charge in [0.25, 0.3) is 0 Å². The van der Waals surface area contributed by atoms with Gasteiger partial charge in [-0.2, -0.15) is 0 Å². The molecule has 0 aliphatic rings. The monoisotopic (exact) mass is 238 g/mol. The largest absolute Gasteiger partial charge is 0.481 e. The summed E-state index contributed by atoms with van der Waals surface area (Å²) in [6.07, 6.45) is 0.770. The van der Waals surface area contributed by atoms with Gasteiger partial charge < -0.3 is 14.9 Å². The molecular formula is C9H19O5P. The van der Waals surface area contributed by atoms with Crippen molar-refractivity contribution < 1.29 is 24.3 Å². The summed E-state index contributed by atoms with van der Waals surface area (Å²) in [7, 11) is -4.18. The van der Waals surface area contributed by atoms with E-state index in [1.54, 1.807) is 13.8 Å². The molecule has 0 aromatic carbocycles. The Balaban J connectivity index is 4.85. The van der Waals surface area contributed by atoms with Crippen molar-refractivity contribution in [3.05, 3.63) is 0 Å². The van der Waals surface area contributed by atoms with Gasteiger partial charge in [-0.25, -0.2) is 0 Å². The third-order valence-corrected chi connectivity index (χ3v) is 4.40. The number of carbonyl (C=O) groups is 1. The van der Waals surface area contributed by atoms with Gasteiger partial charge in [0.2, 0.25) is 0 Å². The second-order valence-electron chi connectivity index (χ2n) is 3.93. The molecule has 0 aromatic heterocycles. The van der Waals surface area contributed by atoms with Crippen molar-refractivity contribution in [2.24, 2.45) is 5.41 Å². The van der Waals surface area contributed by atoms with Gasteiger partial charge in [0.1, 0.15) is 0 Å². The van der Waals surface area contributed by atoms with Crippen LogP contribution in [-0.2, 0) is 9.36 Å². The molecule has 0 saturated heterocycles. The summed E-state index contributed by atoms with van der Waals surface area (Å²) in [4.78, 5) is 29.0. The first kappa shape index (κ1) is 14.6. The fourth-order valence-corrected chi connectivity index (χ4v) is 2.20. The van der Waals surface area contributed by atoms with Gasteiger partial charge in [-0.1, -0.05) is 20.8 Å². The summed E-state index contributed by atoms with van der Waals surface area (Å²) in [6, 6.07) is 0. The lowest BCUT2D eigenvalue weighted by Crippen LogP contribution is -2.33. The van der Waals surface area contributed by atoms with Crippen LogP contribution in [0.15, 0.2) is 0 Å². The van der Waals surface area contributed by atoms with Crippen LogP contribution < -0.4 is 0 Å². The highest BCUT2D eigenvalue weighted by atomic mass is 31.2. The molecule has 1 atom stereocenters. The summed E-state index contributed by atoms with van der Waals surface area (Å²) < 4.78 is 11.0. The molecule has 0 rings (SSSR count). The zero-order valence-corrected chi connectivity index (χ0v) is 10.2. The van der Waals surface area contributed by atoms with Crippen LogP contribution in [-0.4, -0.2) is 26.5 Å². The number of aliphatic carboxylic acids is 1. The van der Waals surface area contributed by atoms with Crippen LogP contribution in [0.3, 0.4) is 0 Å². The third-order valence-electron chi connectivity index (χ3n) is 3.07. The van der Waals surface area contributed by atoms with E-state index in [1.165, 1.54) is 6.92 Å². The van der Waals surface area contributed by atoms with Crippen molar-refractivity contribution in [1.29, 1.82) is 0 Å². The minimum atomic E-state index is -4.18. The molecule has 0 aromatic rings. The predicted octanol–water partition coefficient (Wildman–Crippen LogP) is 1.83. The molecular weight excluding hydrogens is 219 g/mol. The molecule has 0 amide bonds. The Kier molecular flexibility index (Phi) is 4.97. The maximum atomic E-state index is 11.1.